The molecule has 3 rings (SSSR count). The lowest BCUT2D eigenvalue weighted by molar-refractivity contribution is 0.102. The highest BCUT2D eigenvalue weighted by atomic mass is 79.9. The van der Waals surface area contributed by atoms with Gasteiger partial charge in [0.1, 0.15) is 12.4 Å². The second-order valence-corrected chi connectivity index (χ2v) is 6.45. The maximum absolute atomic E-state index is 12.7. The van der Waals surface area contributed by atoms with Crippen molar-refractivity contribution in [2.75, 3.05) is 19.7 Å². The van der Waals surface area contributed by atoms with E-state index in [1.165, 1.54) is 19.3 Å². The van der Waals surface area contributed by atoms with Gasteiger partial charge in [-0.2, -0.15) is 0 Å². The van der Waals surface area contributed by atoms with Crippen molar-refractivity contribution in [2.45, 2.75) is 32.2 Å². The number of nitrogens with zero attached hydrogens (tertiary/aromatic N) is 1. The van der Waals surface area contributed by atoms with Crippen molar-refractivity contribution >= 4 is 22.8 Å². The molecular weight excluding hydrogens is 378 g/mol. The minimum atomic E-state index is 0. The monoisotopic (exact) mass is 403 g/mol. The lowest BCUT2D eigenvalue weighted by atomic mass is 10.0. The van der Waals surface area contributed by atoms with Crippen molar-refractivity contribution in [3.05, 3.63) is 65.7 Å². The molecule has 134 valence electrons. The number of hydrogen-bond acceptors (Lipinski definition) is 3. The highest BCUT2D eigenvalue weighted by Gasteiger charge is 2.19. The topological polar surface area (TPSA) is 29.5 Å². The number of carbonyl (C=O) groups excluding carboxylic acids is 1. The molecule has 1 atom stereocenters. The molecule has 0 bridgehead atoms. The zero-order valence-electron chi connectivity index (χ0n) is 14.7. The van der Waals surface area contributed by atoms with Gasteiger partial charge in [-0.1, -0.05) is 48.9 Å². The molecule has 25 heavy (non-hydrogen) atoms. The van der Waals surface area contributed by atoms with Crippen molar-refractivity contribution in [3.63, 3.8) is 0 Å². The van der Waals surface area contributed by atoms with E-state index in [0.717, 1.165) is 13.1 Å². The third-order valence-electron chi connectivity index (χ3n) is 4.66. The predicted octanol–water partition coefficient (Wildman–Crippen LogP) is 4.75. The van der Waals surface area contributed by atoms with Crippen molar-refractivity contribution in [3.8, 4) is 5.75 Å². The number of carbonyl (C=O) groups is 1. The second-order valence-electron chi connectivity index (χ2n) is 6.45. The van der Waals surface area contributed by atoms with Crippen molar-refractivity contribution in [1.82, 2.24) is 4.90 Å². The van der Waals surface area contributed by atoms with Crippen molar-refractivity contribution in [2.24, 2.45) is 0 Å². The van der Waals surface area contributed by atoms with E-state index < -0.39 is 0 Å². The van der Waals surface area contributed by atoms with Crippen LogP contribution in [0.25, 0.3) is 0 Å². The van der Waals surface area contributed by atoms with E-state index in [1.807, 2.05) is 54.6 Å². The standard InChI is InChI=1S/C21H25NO2.BrH/c1-17(22-14-8-3-9-15-22)16-24-20-13-7-6-12-19(20)21(23)18-10-4-2-5-11-18;/h2,4-7,10-13,17H,3,8-9,14-16H2,1H3;1H. The van der Waals surface area contributed by atoms with Crippen molar-refractivity contribution in [1.29, 1.82) is 0 Å². The largest absolute Gasteiger partial charge is 0.491 e. The molecule has 1 aliphatic heterocycles. The van der Waals surface area contributed by atoms with E-state index >= 15 is 0 Å². The van der Waals surface area contributed by atoms with E-state index in [9.17, 15) is 4.79 Å². The molecular formula is C21H26BrNO2. The van der Waals surface area contributed by atoms with Crippen LogP contribution in [0.5, 0.6) is 5.75 Å². The Kier molecular flexibility index (Phi) is 7.66. The molecule has 0 aromatic heterocycles. The number of para-hydroxylation sites is 1. The minimum Gasteiger partial charge on any atom is -0.491 e. The third-order valence-corrected chi connectivity index (χ3v) is 4.66. The Labute approximate surface area is 160 Å². The van der Waals surface area contributed by atoms with E-state index in [4.69, 9.17) is 4.74 Å². The van der Waals surface area contributed by atoms with Gasteiger partial charge in [-0.3, -0.25) is 9.69 Å². The van der Waals surface area contributed by atoms with Gasteiger partial charge in [0.25, 0.3) is 0 Å². The number of piperidine rings is 1. The van der Waals surface area contributed by atoms with E-state index in [0.29, 0.717) is 29.5 Å². The van der Waals surface area contributed by atoms with Gasteiger partial charge in [0, 0.05) is 11.6 Å². The average molecular weight is 404 g/mol. The van der Waals surface area contributed by atoms with E-state index in [-0.39, 0.29) is 22.8 Å². The van der Waals surface area contributed by atoms with E-state index in [2.05, 4.69) is 11.8 Å². The summed E-state index contributed by atoms with van der Waals surface area (Å²) in [7, 11) is 0. The van der Waals surface area contributed by atoms with Crippen LogP contribution in [0, 0.1) is 0 Å². The molecule has 1 fully saturated rings. The SMILES string of the molecule is Br.CC(COc1ccccc1C(=O)c1ccccc1)N1CCCCC1. The van der Waals surface area contributed by atoms with Gasteiger partial charge < -0.3 is 4.74 Å². The number of likely N-dealkylation sites (tertiary alicyclic amines) is 1. The van der Waals surface area contributed by atoms with Crippen LogP contribution in [0.15, 0.2) is 54.6 Å². The number of halogens is 1. The fourth-order valence-corrected chi connectivity index (χ4v) is 3.20. The van der Waals surface area contributed by atoms with Gasteiger partial charge in [0.15, 0.2) is 5.78 Å². The van der Waals surface area contributed by atoms with Crippen LogP contribution < -0.4 is 4.74 Å². The average Bonchev–Trinajstić information content (AvgIpc) is 2.67. The van der Waals surface area contributed by atoms with Crippen LogP contribution in [-0.2, 0) is 0 Å². The Morgan fingerprint density at radius 1 is 1.00 bits per heavy atom. The Hall–Kier alpha value is -1.65. The molecule has 4 heteroatoms. The molecule has 0 N–H and O–H groups in total. The van der Waals surface area contributed by atoms with E-state index in [1.54, 1.807) is 0 Å². The lowest BCUT2D eigenvalue weighted by Gasteiger charge is -2.32. The zero-order chi connectivity index (χ0) is 16.8. The molecule has 0 saturated carbocycles. The van der Waals surface area contributed by atoms with Crippen LogP contribution in [0.2, 0.25) is 0 Å². The Balaban J connectivity index is 0.00000225. The molecule has 0 amide bonds. The van der Waals surface area contributed by atoms with Gasteiger partial charge in [0.2, 0.25) is 0 Å². The Morgan fingerprint density at radius 3 is 2.36 bits per heavy atom. The summed E-state index contributed by atoms with van der Waals surface area (Å²) in [4.78, 5) is 15.2. The maximum atomic E-state index is 12.7. The van der Waals surface area contributed by atoms with Crippen LogP contribution in [0.1, 0.15) is 42.1 Å². The number of ether oxygens (including phenoxy) is 1. The van der Waals surface area contributed by atoms with Crippen molar-refractivity contribution < 1.29 is 9.53 Å². The molecule has 0 spiro atoms. The number of ketones is 1. The summed E-state index contributed by atoms with van der Waals surface area (Å²) in [5.74, 6) is 0.687. The molecule has 1 saturated heterocycles. The number of hydrogen-bond donors (Lipinski definition) is 0. The normalized spacial score (nSPS) is 15.9. The first-order valence-electron chi connectivity index (χ1n) is 8.81. The molecule has 0 radical (unpaired) electrons. The molecule has 1 heterocycles. The summed E-state index contributed by atoms with van der Waals surface area (Å²) >= 11 is 0. The number of rotatable bonds is 6. The summed E-state index contributed by atoms with van der Waals surface area (Å²) in [6.45, 7) is 5.11. The van der Waals surface area contributed by atoms with Crippen LogP contribution in [0.4, 0.5) is 0 Å². The molecule has 0 aliphatic carbocycles. The highest BCUT2D eigenvalue weighted by molar-refractivity contribution is 8.93. The summed E-state index contributed by atoms with van der Waals surface area (Å²) in [6, 6.07) is 17.3. The van der Waals surface area contributed by atoms with Gasteiger partial charge in [-0.05, 0) is 45.0 Å². The first-order chi connectivity index (χ1) is 11.8. The molecule has 1 unspecified atom stereocenters. The highest BCUT2D eigenvalue weighted by Crippen LogP contribution is 2.22. The van der Waals surface area contributed by atoms with Gasteiger partial charge in [-0.25, -0.2) is 0 Å². The molecule has 2 aromatic rings. The quantitative estimate of drug-likeness (QED) is 0.651. The predicted molar refractivity (Wildman–Crippen MR) is 107 cm³/mol. The first kappa shape index (κ1) is 19.7. The fourth-order valence-electron chi connectivity index (χ4n) is 3.20. The fraction of sp³-hybridized carbons (Fsp3) is 0.381. The van der Waals surface area contributed by atoms with Gasteiger partial charge >= 0.3 is 0 Å². The van der Waals surface area contributed by atoms with Crippen LogP contribution in [0.3, 0.4) is 0 Å². The smallest absolute Gasteiger partial charge is 0.196 e. The van der Waals surface area contributed by atoms with Gasteiger partial charge in [0.05, 0.1) is 5.56 Å². The second kappa shape index (κ2) is 9.73. The first-order valence-corrected chi connectivity index (χ1v) is 8.81. The lowest BCUT2D eigenvalue weighted by Crippen LogP contribution is -2.40. The Bertz CT molecular complexity index is 669. The maximum Gasteiger partial charge on any atom is 0.196 e. The van der Waals surface area contributed by atoms with Gasteiger partial charge in [-0.15, -0.1) is 17.0 Å². The Morgan fingerprint density at radius 2 is 1.64 bits per heavy atom. The number of benzene rings is 2. The summed E-state index contributed by atoms with van der Waals surface area (Å²) in [5, 5.41) is 0. The molecule has 1 aliphatic rings. The molecule has 3 nitrogen and oxygen atoms in total. The zero-order valence-corrected chi connectivity index (χ0v) is 16.4. The van der Waals surface area contributed by atoms with Crippen LogP contribution >= 0.6 is 17.0 Å². The summed E-state index contributed by atoms with van der Waals surface area (Å²) < 4.78 is 6.03. The minimum absolute atomic E-state index is 0. The summed E-state index contributed by atoms with van der Waals surface area (Å²) in [5.41, 5.74) is 1.33. The molecule has 2 aromatic carbocycles. The third kappa shape index (κ3) is 5.16. The summed E-state index contributed by atoms with van der Waals surface area (Å²) in [6.07, 6.45) is 3.87. The van der Waals surface area contributed by atoms with Crippen LogP contribution in [-0.4, -0.2) is 36.4 Å².